The van der Waals surface area contributed by atoms with Gasteiger partial charge in [-0.2, -0.15) is 5.26 Å². The molecule has 3 atom stereocenters. The van der Waals surface area contributed by atoms with Gasteiger partial charge in [0.15, 0.2) is 0 Å². The second-order valence-corrected chi connectivity index (χ2v) is 11.5. The van der Waals surface area contributed by atoms with Gasteiger partial charge in [0, 0.05) is 37.2 Å². The van der Waals surface area contributed by atoms with Crippen LogP contribution in [0, 0.1) is 34.8 Å². The topological polar surface area (TPSA) is 123 Å². The van der Waals surface area contributed by atoms with Crippen molar-refractivity contribution in [1.29, 1.82) is 5.26 Å². The van der Waals surface area contributed by atoms with Crippen LogP contribution in [-0.2, 0) is 24.4 Å². The zero-order valence-electron chi connectivity index (χ0n) is 23.9. The molecule has 7 rings (SSSR count). The number of fused-ring (bicyclic) bond motifs is 2. The normalized spacial score (nSPS) is 22.3. The first-order chi connectivity index (χ1) is 21.3. The maximum absolute atomic E-state index is 14.9. The number of pyridine rings is 1. The van der Waals surface area contributed by atoms with Crippen LogP contribution in [0.2, 0.25) is 0 Å². The third-order valence-corrected chi connectivity index (χ3v) is 8.90. The average molecular weight is 602 g/mol. The zero-order valence-corrected chi connectivity index (χ0v) is 23.9. The van der Waals surface area contributed by atoms with Gasteiger partial charge in [0.1, 0.15) is 35.3 Å². The molecule has 0 bridgehead atoms. The van der Waals surface area contributed by atoms with Crippen molar-refractivity contribution in [3.05, 3.63) is 82.3 Å². The number of carboxylic acids is 1. The summed E-state index contributed by atoms with van der Waals surface area (Å²) in [5.74, 6) is -0.145. The second kappa shape index (κ2) is 11.2. The maximum atomic E-state index is 14.9. The molecule has 1 saturated carbocycles. The molecule has 226 valence electrons. The fourth-order valence-electron chi connectivity index (χ4n) is 6.46. The molecule has 0 radical (unpaired) electrons. The number of carbonyl (C=O) groups is 1. The Hall–Kier alpha value is -4.60. The molecule has 44 heavy (non-hydrogen) atoms. The number of benzene rings is 2. The molecule has 4 aromatic rings. The Balaban J connectivity index is 1.06. The van der Waals surface area contributed by atoms with Gasteiger partial charge in [-0.1, -0.05) is 6.07 Å². The number of hydrogen-bond donors (Lipinski definition) is 1. The molecule has 1 aliphatic carbocycles. The molecule has 2 aromatic heterocycles. The molecule has 3 fully saturated rings. The minimum atomic E-state index is -1.04. The van der Waals surface area contributed by atoms with Crippen molar-refractivity contribution in [3.63, 3.8) is 0 Å². The van der Waals surface area contributed by atoms with Crippen molar-refractivity contribution in [1.82, 2.24) is 19.4 Å². The first-order valence-electron chi connectivity index (χ1n) is 14.4. The molecule has 4 heterocycles. The lowest BCUT2D eigenvalue weighted by molar-refractivity contribution is -0.0591. The van der Waals surface area contributed by atoms with Gasteiger partial charge in [0.05, 0.1) is 54.7 Å². The van der Waals surface area contributed by atoms with E-state index in [0.717, 1.165) is 31.4 Å². The fraction of sp³-hybridized carbons (Fsp3) is 0.375. The number of aromatic carboxylic acids is 1. The van der Waals surface area contributed by atoms with E-state index >= 15 is 0 Å². The van der Waals surface area contributed by atoms with Gasteiger partial charge >= 0.3 is 5.97 Å². The maximum Gasteiger partial charge on any atom is 0.335 e. The number of nitriles is 1. The van der Waals surface area contributed by atoms with Gasteiger partial charge in [0.2, 0.25) is 5.88 Å². The first-order valence-corrected chi connectivity index (χ1v) is 14.4. The molecular weight excluding hydrogens is 572 g/mol. The molecule has 0 amide bonds. The molecule has 2 aliphatic heterocycles. The number of methoxy groups -OCH3 is 1. The largest absolute Gasteiger partial charge is 0.494 e. The monoisotopic (exact) mass is 601 g/mol. The Morgan fingerprint density at radius 2 is 1.93 bits per heavy atom. The van der Waals surface area contributed by atoms with Gasteiger partial charge in [0.25, 0.3) is 0 Å². The lowest BCUT2D eigenvalue weighted by Crippen LogP contribution is -2.33. The number of hydrogen-bond acceptors (Lipinski definition) is 8. The van der Waals surface area contributed by atoms with E-state index < -0.39 is 17.6 Å². The van der Waals surface area contributed by atoms with Crippen LogP contribution >= 0.6 is 0 Å². The third kappa shape index (κ3) is 5.12. The van der Waals surface area contributed by atoms with Crippen LogP contribution < -0.4 is 9.47 Å². The van der Waals surface area contributed by atoms with Crippen molar-refractivity contribution < 1.29 is 32.9 Å². The average Bonchev–Trinajstić information content (AvgIpc) is 3.30. The summed E-state index contributed by atoms with van der Waals surface area (Å²) in [5.41, 5.74) is 2.29. The highest BCUT2D eigenvalue weighted by molar-refractivity contribution is 5.95. The molecule has 2 saturated heterocycles. The van der Waals surface area contributed by atoms with Crippen LogP contribution in [0.15, 0.2) is 42.5 Å². The number of nitrogens with zero attached hydrogens (tertiary/aromatic N) is 5. The summed E-state index contributed by atoms with van der Waals surface area (Å²) in [6, 6.07) is 11.9. The quantitative estimate of drug-likeness (QED) is 0.280. The predicted octanol–water partition coefficient (Wildman–Crippen LogP) is 4.50. The molecule has 2 aromatic carbocycles. The SMILES string of the molecule is COc1cc(C(=O)O)cc2c1nc(CN1CC3C(C1)C3c1nc(OCc3ccc(C#N)cc3F)ccc1F)n2C[C@@H]1CCO1. The summed E-state index contributed by atoms with van der Waals surface area (Å²) < 4.78 is 48.1. The van der Waals surface area contributed by atoms with Crippen molar-refractivity contribution in [2.75, 3.05) is 26.8 Å². The number of halogens is 2. The molecule has 0 spiro atoms. The summed E-state index contributed by atoms with van der Waals surface area (Å²) in [6.07, 6.45) is 0.965. The Morgan fingerprint density at radius 3 is 2.59 bits per heavy atom. The molecular formula is C32H29F2N5O5. The first kappa shape index (κ1) is 28.2. The Labute approximate surface area is 251 Å². The Morgan fingerprint density at radius 1 is 1.14 bits per heavy atom. The van der Waals surface area contributed by atoms with Gasteiger partial charge in [-0.05, 0) is 48.6 Å². The molecule has 2 unspecified atom stereocenters. The minimum Gasteiger partial charge on any atom is -0.494 e. The smallest absolute Gasteiger partial charge is 0.335 e. The van der Waals surface area contributed by atoms with E-state index in [4.69, 9.17) is 24.5 Å². The van der Waals surface area contributed by atoms with Gasteiger partial charge in [-0.3, -0.25) is 4.90 Å². The van der Waals surface area contributed by atoms with Gasteiger partial charge in [-0.15, -0.1) is 0 Å². The van der Waals surface area contributed by atoms with E-state index in [1.807, 2.05) is 10.6 Å². The van der Waals surface area contributed by atoms with E-state index in [1.165, 1.54) is 37.4 Å². The summed E-state index contributed by atoms with van der Waals surface area (Å²) in [7, 11) is 1.50. The van der Waals surface area contributed by atoms with Crippen LogP contribution in [0.1, 0.15) is 45.3 Å². The standard InChI is InChI=1S/C32H29F2N5O5/c1-42-26-10-19(32(40)41)9-25-31(26)36-27(39(25)12-20-6-7-43-20)15-38-13-21-22(14-38)29(21)30-23(33)4-5-28(37-30)44-16-18-3-2-17(11-35)8-24(18)34/h2-5,8-10,20-22,29H,6-7,12-16H2,1H3,(H,40,41)/t20-,21?,22?,29?/m0/s1. The van der Waals surface area contributed by atoms with Crippen molar-refractivity contribution in [2.45, 2.75) is 38.1 Å². The number of ether oxygens (including phenoxy) is 3. The van der Waals surface area contributed by atoms with Gasteiger partial charge in [-0.25, -0.2) is 23.5 Å². The number of piperidine rings is 1. The van der Waals surface area contributed by atoms with Crippen molar-refractivity contribution in [2.24, 2.45) is 11.8 Å². The van der Waals surface area contributed by atoms with E-state index in [2.05, 4.69) is 9.88 Å². The number of likely N-dealkylation sites (tertiary alicyclic amines) is 1. The van der Waals surface area contributed by atoms with Crippen LogP contribution in [0.25, 0.3) is 11.0 Å². The second-order valence-electron chi connectivity index (χ2n) is 11.5. The van der Waals surface area contributed by atoms with E-state index in [9.17, 15) is 18.7 Å². The number of rotatable bonds is 10. The van der Waals surface area contributed by atoms with Crippen molar-refractivity contribution >= 4 is 17.0 Å². The van der Waals surface area contributed by atoms with Crippen LogP contribution in [-0.4, -0.2) is 63.4 Å². The minimum absolute atomic E-state index is 0.0399. The van der Waals surface area contributed by atoms with Crippen LogP contribution in [0.4, 0.5) is 8.78 Å². The number of aromatic nitrogens is 3. The highest BCUT2D eigenvalue weighted by atomic mass is 19.1. The summed E-state index contributed by atoms with van der Waals surface area (Å²) in [5, 5.41) is 18.6. The van der Waals surface area contributed by atoms with E-state index in [0.29, 0.717) is 42.2 Å². The Bertz CT molecular complexity index is 1810. The number of imidazole rings is 1. The zero-order chi connectivity index (χ0) is 30.5. The van der Waals surface area contributed by atoms with Crippen molar-refractivity contribution in [3.8, 4) is 17.7 Å². The molecule has 3 aliphatic rings. The molecule has 1 N–H and O–H groups in total. The summed E-state index contributed by atoms with van der Waals surface area (Å²) in [4.78, 5) is 23.4. The van der Waals surface area contributed by atoms with E-state index in [-0.39, 0.29) is 53.0 Å². The predicted molar refractivity (Wildman–Crippen MR) is 152 cm³/mol. The van der Waals surface area contributed by atoms with Gasteiger partial charge < -0.3 is 23.9 Å². The fourth-order valence-corrected chi connectivity index (χ4v) is 6.46. The highest BCUT2D eigenvalue weighted by Crippen LogP contribution is 2.58. The summed E-state index contributed by atoms with van der Waals surface area (Å²) in [6.45, 7) is 3.19. The highest BCUT2D eigenvalue weighted by Gasteiger charge is 2.58. The number of carboxylic acid groups (broad SMARTS) is 1. The summed E-state index contributed by atoms with van der Waals surface area (Å²) >= 11 is 0. The lowest BCUT2D eigenvalue weighted by atomic mass is 10.1. The van der Waals surface area contributed by atoms with Crippen LogP contribution in [0.5, 0.6) is 11.6 Å². The lowest BCUT2D eigenvalue weighted by Gasteiger charge is -2.28. The molecule has 12 heteroatoms. The molecule has 10 nitrogen and oxygen atoms in total. The Kier molecular flexibility index (Phi) is 7.14. The van der Waals surface area contributed by atoms with Crippen LogP contribution in [0.3, 0.4) is 0 Å². The third-order valence-electron chi connectivity index (χ3n) is 8.90. The van der Waals surface area contributed by atoms with E-state index in [1.54, 1.807) is 6.07 Å².